The zero-order valence-corrected chi connectivity index (χ0v) is 17.6. The number of benzene rings is 2. The normalized spacial score (nSPS) is 12.0. The molecule has 1 atom stereocenters. The topological polar surface area (TPSA) is 59.8 Å². The number of aromatic nitrogens is 3. The summed E-state index contributed by atoms with van der Waals surface area (Å²) in [7, 11) is 0. The van der Waals surface area contributed by atoms with Gasteiger partial charge in [0.1, 0.15) is 0 Å². The summed E-state index contributed by atoms with van der Waals surface area (Å²) in [5.41, 5.74) is 4.63. The Morgan fingerprint density at radius 2 is 1.86 bits per heavy atom. The first kappa shape index (κ1) is 20.1. The van der Waals surface area contributed by atoms with E-state index in [4.69, 9.17) is 0 Å². The molecule has 0 saturated carbocycles. The van der Waals surface area contributed by atoms with Gasteiger partial charge < -0.3 is 9.88 Å². The lowest BCUT2D eigenvalue weighted by atomic mass is 10.0. The van der Waals surface area contributed by atoms with Crippen LogP contribution in [-0.2, 0) is 11.3 Å². The van der Waals surface area contributed by atoms with E-state index >= 15 is 0 Å². The maximum Gasteiger partial charge on any atom is 0.230 e. The van der Waals surface area contributed by atoms with Gasteiger partial charge in [0.05, 0.1) is 11.8 Å². The van der Waals surface area contributed by atoms with Gasteiger partial charge in [-0.1, -0.05) is 60.3 Å². The van der Waals surface area contributed by atoms with E-state index in [0.29, 0.717) is 5.75 Å². The van der Waals surface area contributed by atoms with Crippen molar-refractivity contribution in [1.82, 2.24) is 20.1 Å². The number of aryl methyl sites for hydroxylation is 2. The Balaban J connectivity index is 1.63. The number of carbonyl (C=O) groups is 1. The molecule has 1 amide bonds. The summed E-state index contributed by atoms with van der Waals surface area (Å²) in [5.74, 6) is 1.12. The van der Waals surface area contributed by atoms with Crippen LogP contribution >= 0.6 is 11.8 Å². The molecule has 0 radical (unpaired) electrons. The Morgan fingerprint density at radius 3 is 2.54 bits per heavy atom. The standard InChI is InChI=1S/C22H26N4OS/c1-5-26-21(18-9-7-6-8-10-18)24-25-22(26)28-14-20(27)23-17(4)19-12-11-15(2)16(3)13-19/h6-13,17H,5,14H2,1-4H3,(H,23,27)/t17-/m1/s1. The van der Waals surface area contributed by atoms with Crippen LogP contribution in [0.1, 0.15) is 36.6 Å². The summed E-state index contributed by atoms with van der Waals surface area (Å²) in [6.07, 6.45) is 0. The first-order valence-electron chi connectivity index (χ1n) is 9.47. The molecular weight excluding hydrogens is 368 g/mol. The molecule has 0 bridgehead atoms. The van der Waals surface area contributed by atoms with Gasteiger partial charge in [0.25, 0.3) is 0 Å². The highest BCUT2D eigenvalue weighted by molar-refractivity contribution is 7.99. The second kappa shape index (κ2) is 9.06. The van der Waals surface area contributed by atoms with Crippen molar-refractivity contribution < 1.29 is 4.79 Å². The predicted molar refractivity (Wildman–Crippen MR) is 114 cm³/mol. The number of amides is 1. The van der Waals surface area contributed by atoms with Crippen LogP contribution in [0, 0.1) is 13.8 Å². The quantitative estimate of drug-likeness (QED) is 0.597. The van der Waals surface area contributed by atoms with Crippen LogP contribution in [0.3, 0.4) is 0 Å². The third kappa shape index (κ3) is 4.62. The van der Waals surface area contributed by atoms with Crippen LogP contribution in [0.25, 0.3) is 11.4 Å². The number of nitrogens with zero attached hydrogens (tertiary/aromatic N) is 3. The molecule has 0 fully saturated rings. The number of nitrogens with one attached hydrogen (secondary N) is 1. The average molecular weight is 395 g/mol. The summed E-state index contributed by atoms with van der Waals surface area (Å²) in [4.78, 5) is 12.4. The highest BCUT2D eigenvalue weighted by atomic mass is 32.2. The number of rotatable bonds is 7. The minimum atomic E-state index is -0.0312. The first-order valence-corrected chi connectivity index (χ1v) is 10.5. The lowest BCUT2D eigenvalue weighted by molar-refractivity contribution is -0.119. The minimum Gasteiger partial charge on any atom is -0.349 e. The van der Waals surface area contributed by atoms with Gasteiger partial charge in [0.15, 0.2) is 11.0 Å². The molecule has 5 nitrogen and oxygen atoms in total. The van der Waals surface area contributed by atoms with Crippen molar-refractivity contribution in [3.8, 4) is 11.4 Å². The van der Waals surface area contributed by atoms with Crippen LogP contribution in [0.15, 0.2) is 53.7 Å². The van der Waals surface area contributed by atoms with Crippen LogP contribution in [0.4, 0.5) is 0 Å². The summed E-state index contributed by atoms with van der Waals surface area (Å²) in [6.45, 7) is 8.99. The molecule has 0 spiro atoms. The molecule has 1 heterocycles. The van der Waals surface area contributed by atoms with Crippen LogP contribution in [0.5, 0.6) is 0 Å². The fourth-order valence-corrected chi connectivity index (χ4v) is 3.83. The second-order valence-electron chi connectivity index (χ2n) is 6.84. The molecule has 2 aromatic carbocycles. The van der Waals surface area contributed by atoms with Gasteiger partial charge in [-0.25, -0.2) is 0 Å². The van der Waals surface area contributed by atoms with E-state index in [2.05, 4.69) is 54.5 Å². The van der Waals surface area contributed by atoms with E-state index in [-0.39, 0.29) is 11.9 Å². The van der Waals surface area contributed by atoms with Crippen LogP contribution < -0.4 is 5.32 Å². The third-order valence-electron chi connectivity index (χ3n) is 4.81. The lowest BCUT2D eigenvalue weighted by Gasteiger charge is -2.15. The molecular formula is C22H26N4OS. The number of hydrogen-bond acceptors (Lipinski definition) is 4. The Labute approximate surface area is 170 Å². The van der Waals surface area contributed by atoms with Crippen molar-refractivity contribution in [1.29, 1.82) is 0 Å². The average Bonchev–Trinajstić information content (AvgIpc) is 3.12. The summed E-state index contributed by atoms with van der Waals surface area (Å²) in [5, 5.41) is 12.4. The molecule has 146 valence electrons. The minimum absolute atomic E-state index is 0.0114. The van der Waals surface area contributed by atoms with Crippen molar-refractivity contribution in [2.75, 3.05) is 5.75 Å². The summed E-state index contributed by atoms with van der Waals surface area (Å²) >= 11 is 1.42. The molecule has 1 N–H and O–H groups in total. The van der Waals surface area contributed by atoms with Gasteiger partial charge in [0.2, 0.25) is 5.91 Å². The predicted octanol–water partition coefficient (Wildman–Crippen LogP) is 4.55. The Hall–Kier alpha value is -2.60. The number of carbonyl (C=O) groups excluding carboxylic acids is 1. The Kier molecular flexibility index (Phi) is 6.52. The SMILES string of the molecule is CCn1c(SCC(=O)N[C@H](C)c2ccc(C)c(C)c2)nnc1-c1ccccc1. The first-order chi connectivity index (χ1) is 13.5. The van der Waals surface area contributed by atoms with Crippen molar-refractivity contribution >= 4 is 17.7 Å². The van der Waals surface area contributed by atoms with Crippen molar-refractivity contribution in [3.63, 3.8) is 0 Å². The maximum atomic E-state index is 12.4. The molecule has 28 heavy (non-hydrogen) atoms. The molecule has 0 saturated heterocycles. The molecule has 3 rings (SSSR count). The van der Waals surface area contributed by atoms with Crippen molar-refractivity contribution in [3.05, 3.63) is 65.2 Å². The fraction of sp³-hybridized carbons (Fsp3) is 0.318. The number of thioether (sulfide) groups is 1. The zero-order valence-electron chi connectivity index (χ0n) is 16.8. The van der Waals surface area contributed by atoms with Gasteiger partial charge in [-0.15, -0.1) is 10.2 Å². The van der Waals surface area contributed by atoms with Gasteiger partial charge in [-0.05, 0) is 44.4 Å². The Bertz CT molecular complexity index is 952. The van der Waals surface area contributed by atoms with Gasteiger partial charge >= 0.3 is 0 Å². The molecule has 0 aliphatic heterocycles. The second-order valence-corrected chi connectivity index (χ2v) is 7.78. The summed E-state index contributed by atoms with van der Waals surface area (Å²) in [6, 6.07) is 16.2. The third-order valence-corrected chi connectivity index (χ3v) is 5.77. The molecule has 0 unspecified atom stereocenters. The van der Waals surface area contributed by atoms with E-state index in [1.807, 2.05) is 41.8 Å². The van der Waals surface area contributed by atoms with Crippen LogP contribution in [0.2, 0.25) is 0 Å². The lowest BCUT2D eigenvalue weighted by Crippen LogP contribution is -2.28. The number of hydrogen-bond donors (Lipinski definition) is 1. The maximum absolute atomic E-state index is 12.4. The van der Waals surface area contributed by atoms with E-state index < -0.39 is 0 Å². The zero-order chi connectivity index (χ0) is 20.1. The monoisotopic (exact) mass is 394 g/mol. The van der Waals surface area contributed by atoms with Gasteiger partial charge in [0, 0.05) is 12.1 Å². The highest BCUT2D eigenvalue weighted by Crippen LogP contribution is 2.24. The summed E-state index contributed by atoms with van der Waals surface area (Å²) < 4.78 is 2.04. The van der Waals surface area contributed by atoms with E-state index in [0.717, 1.165) is 28.7 Å². The van der Waals surface area contributed by atoms with Gasteiger partial charge in [-0.2, -0.15) is 0 Å². The molecule has 0 aliphatic carbocycles. The van der Waals surface area contributed by atoms with E-state index in [1.165, 1.54) is 22.9 Å². The molecule has 0 aliphatic rings. The largest absolute Gasteiger partial charge is 0.349 e. The van der Waals surface area contributed by atoms with Gasteiger partial charge in [-0.3, -0.25) is 4.79 Å². The highest BCUT2D eigenvalue weighted by Gasteiger charge is 2.16. The molecule has 6 heteroatoms. The molecule has 1 aromatic heterocycles. The van der Waals surface area contributed by atoms with Crippen LogP contribution in [-0.4, -0.2) is 26.4 Å². The van der Waals surface area contributed by atoms with Crippen molar-refractivity contribution in [2.45, 2.75) is 45.4 Å². The fourth-order valence-electron chi connectivity index (χ4n) is 3.01. The van der Waals surface area contributed by atoms with E-state index in [1.54, 1.807) is 0 Å². The Morgan fingerprint density at radius 1 is 1.11 bits per heavy atom. The van der Waals surface area contributed by atoms with Crippen molar-refractivity contribution in [2.24, 2.45) is 0 Å². The smallest absolute Gasteiger partial charge is 0.230 e. The molecule has 3 aromatic rings. The van der Waals surface area contributed by atoms with E-state index in [9.17, 15) is 4.79 Å².